The molecule has 1 saturated heterocycles. The fourth-order valence-corrected chi connectivity index (χ4v) is 5.97. The second kappa shape index (κ2) is 7.74. The van der Waals surface area contributed by atoms with Crippen LogP contribution in [0.25, 0.3) is 0 Å². The maximum absolute atomic E-state index is 14.3. The summed E-state index contributed by atoms with van der Waals surface area (Å²) < 4.78 is 28.1. The zero-order valence-electron chi connectivity index (χ0n) is 17.3. The van der Waals surface area contributed by atoms with E-state index in [-0.39, 0.29) is 11.5 Å². The first-order valence-corrected chi connectivity index (χ1v) is 11.3. The number of amides is 2. The van der Waals surface area contributed by atoms with Gasteiger partial charge in [-0.2, -0.15) is 0 Å². The number of fused-ring (bicyclic) bond motifs is 2. The Morgan fingerprint density at radius 3 is 2.59 bits per heavy atom. The van der Waals surface area contributed by atoms with Gasteiger partial charge in [-0.15, -0.1) is 11.8 Å². The summed E-state index contributed by atoms with van der Waals surface area (Å²) in [6.07, 6.45) is 0. The molecular weight excluding hydrogens is 430 g/mol. The van der Waals surface area contributed by atoms with E-state index < -0.39 is 22.4 Å². The minimum Gasteiger partial charge on any atom is -0.311 e. The highest BCUT2D eigenvalue weighted by Gasteiger charge is 2.59. The van der Waals surface area contributed by atoms with Crippen molar-refractivity contribution in [2.45, 2.75) is 18.3 Å². The fourth-order valence-electron chi connectivity index (χ4n) is 4.51. The SMILES string of the molecule is Cc1cccc(CN2C(=O)[C@]3(SCCN3C(=O)c3cccc(F)c3)c3cc(F)ccc32)c1. The number of carbonyl (C=O) groups is 2. The summed E-state index contributed by atoms with van der Waals surface area (Å²) in [4.78, 5) is 29.0. The van der Waals surface area contributed by atoms with Gasteiger partial charge in [0.05, 0.1) is 12.2 Å². The largest absolute Gasteiger partial charge is 0.311 e. The smallest absolute Gasteiger partial charge is 0.268 e. The van der Waals surface area contributed by atoms with E-state index in [2.05, 4.69) is 0 Å². The van der Waals surface area contributed by atoms with Gasteiger partial charge < -0.3 is 9.80 Å². The van der Waals surface area contributed by atoms with Crippen molar-refractivity contribution in [1.29, 1.82) is 0 Å². The molecule has 4 nitrogen and oxygen atoms in total. The van der Waals surface area contributed by atoms with E-state index in [1.54, 1.807) is 11.0 Å². The molecule has 1 fully saturated rings. The van der Waals surface area contributed by atoms with Gasteiger partial charge in [0.1, 0.15) is 11.6 Å². The Bertz CT molecular complexity index is 1250. The lowest BCUT2D eigenvalue weighted by atomic mass is 10.0. The molecule has 162 valence electrons. The van der Waals surface area contributed by atoms with Gasteiger partial charge >= 0.3 is 0 Å². The lowest BCUT2D eigenvalue weighted by Gasteiger charge is -2.33. The minimum absolute atomic E-state index is 0.162. The molecule has 2 aliphatic heterocycles. The minimum atomic E-state index is -1.37. The standard InChI is InChI=1S/C25H20F2N2O2S/c1-16-4-2-5-17(12-16)15-28-22-9-8-20(27)14-21(22)25(24(28)31)29(10-11-32-25)23(30)18-6-3-7-19(26)13-18/h2-9,12-14H,10-11,15H2,1H3/t25-/m1/s1. The van der Waals surface area contributed by atoms with Crippen LogP contribution in [-0.4, -0.2) is 29.0 Å². The molecule has 32 heavy (non-hydrogen) atoms. The zero-order valence-corrected chi connectivity index (χ0v) is 18.2. The normalized spacial score (nSPS) is 19.7. The molecule has 2 aliphatic rings. The van der Waals surface area contributed by atoms with Crippen LogP contribution >= 0.6 is 11.8 Å². The molecule has 5 rings (SSSR count). The number of hydrogen-bond donors (Lipinski definition) is 0. The average Bonchev–Trinajstić information content (AvgIpc) is 3.30. The van der Waals surface area contributed by atoms with Crippen molar-refractivity contribution in [2.75, 3.05) is 17.2 Å². The van der Waals surface area contributed by atoms with E-state index in [1.807, 2.05) is 31.2 Å². The molecule has 3 aromatic carbocycles. The van der Waals surface area contributed by atoms with Gasteiger partial charge in [-0.3, -0.25) is 9.59 Å². The highest BCUT2D eigenvalue weighted by Crippen LogP contribution is 2.54. The van der Waals surface area contributed by atoms with Gasteiger partial charge in [0.15, 0.2) is 4.87 Å². The van der Waals surface area contributed by atoms with E-state index in [4.69, 9.17) is 0 Å². The van der Waals surface area contributed by atoms with Gasteiger partial charge in [-0.05, 0) is 48.9 Å². The molecular formula is C25H20F2N2O2S. The van der Waals surface area contributed by atoms with Crippen LogP contribution in [0, 0.1) is 18.6 Å². The van der Waals surface area contributed by atoms with E-state index in [0.29, 0.717) is 30.1 Å². The number of carbonyl (C=O) groups excluding carboxylic acids is 2. The Hall–Kier alpha value is -3.19. The lowest BCUT2D eigenvalue weighted by molar-refractivity contribution is -0.123. The molecule has 3 aromatic rings. The third-order valence-corrected chi connectivity index (χ3v) is 7.31. The lowest BCUT2D eigenvalue weighted by Crippen LogP contribution is -2.50. The molecule has 0 bridgehead atoms. The summed E-state index contributed by atoms with van der Waals surface area (Å²) in [5.74, 6) is -1.22. The van der Waals surface area contributed by atoms with Crippen LogP contribution in [0.2, 0.25) is 0 Å². The van der Waals surface area contributed by atoms with Crippen molar-refractivity contribution in [3.05, 3.63) is 101 Å². The highest BCUT2D eigenvalue weighted by molar-refractivity contribution is 8.01. The maximum Gasteiger partial charge on any atom is 0.268 e. The summed E-state index contributed by atoms with van der Waals surface area (Å²) in [6, 6.07) is 17.5. The van der Waals surface area contributed by atoms with Crippen LogP contribution < -0.4 is 4.90 Å². The number of thioether (sulfide) groups is 1. The van der Waals surface area contributed by atoms with Crippen LogP contribution in [0.4, 0.5) is 14.5 Å². The summed E-state index contributed by atoms with van der Waals surface area (Å²) in [5.41, 5.74) is 3.22. The molecule has 2 amide bonds. The number of halogens is 2. The van der Waals surface area contributed by atoms with E-state index in [1.165, 1.54) is 47.0 Å². The Morgan fingerprint density at radius 1 is 1.03 bits per heavy atom. The average molecular weight is 451 g/mol. The van der Waals surface area contributed by atoms with Gasteiger partial charge in [-0.25, -0.2) is 8.78 Å². The Kier molecular flexibility index (Phi) is 5.01. The van der Waals surface area contributed by atoms with Gasteiger partial charge in [0.25, 0.3) is 11.8 Å². The second-order valence-corrected chi connectivity index (χ2v) is 9.29. The third kappa shape index (κ3) is 3.19. The Balaban J connectivity index is 1.60. The van der Waals surface area contributed by atoms with Gasteiger partial charge in [0, 0.05) is 23.4 Å². The number of anilines is 1. The Morgan fingerprint density at radius 2 is 1.81 bits per heavy atom. The molecule has 0 radical (unpaired) electrons. The molecule has 2 heterocycles. The topological polar surface area (TPSA) is 40.6 Å². The third-order valence-electron chi connectivity index (χ3n) is 5.90. The summed E-state index contributed by atoms with van der Waals surface area (Å²) in [5, 5.41) is 0. The molecule has 0 saturated carbocycles. The number of benzene rings is 3. The number of aryl methyl sites for hydroxylation is 1. The van der Waals surface area contributed by atoms with Gasteiger partial charge in [0.2, 0.25) is 0 Å². The van der Waals surface area contributed by atoms with E-state index in [9.17, 15) is 18.4 Å². The first-order chi connectivity index (χ1) is 15.4. The zero-order chi connectivity index (χ0) is 22.5. The first-order valence-electron chi connectivity index (χ1n) is 10.3. The van der Waals surface area contributed by atoms with Crippen molar-refractivity contribution >= 4 is 29.3 Å². The molecule has 1 spiro atoms. The predicted octanol–water partition coefficient (Wildman–Crippen LogP) is 4.86. The van der Waals surface area contributed by atoms with Crippen LogP contribution in [0.5, 0.6) is 0 Å². The van der Waals surface area contributed by atoms with Gasteiger partial charge in [-0.1, -0.05) is 35.9 Å². The van der Waals surface area contributed by atoms with Crippen molar-refractivity contribution in [3.8, 4) is 0 Å². The van der Waals surface area contributed by atoms with E-state index >= 15 is 0 Å². The Labute approximate surface area is 188 Å². The summed E-state index contributed by atoms with van der Waals surface area (Å²) in [6.45, 7) is 2.59. The number of nitrogens with zero attached hydrogens (tertiary/aromatic N) is 2. The molecule has 0 unspecified atom stereocenters. The van der Waals surface area contributed by atoms with Crippen LogP contribution in [0.1, 0.15) is 27.0 Å². The fraction of sp³-hybridized carbons (Fsp3) is 0.200. The van der Waals surface area contributed by atoms with E-state index in [0.717, 1.165) is 17.2 Å². The molecule has 7 heteroatoms. The molecule has 1 atom stereocenters. The van der Waals surface area contributed by atoms with Crippen LogP contribution in [0.3, 0.4) is 0 Å². The number of rotatable bonds is 3. The summed E-state index contributed by atoms with van der Waals surface area (Å²) >= 11 is 1.32. The molecule has 0 aromatic heterocycles. The predicted molar refractivity (Wildman–Crippen MR) is 120 cm³/mol. The quantitative estimate of drug-likeness (QED) is 0.572. The maximum atomic E-state index is 14.3. The monoisotopic (exact) mass is 450 g/mol. The van der Waals surface area contributed by atoms with Crippen molar-refractivity contribution in [2.24, 2.45) is 0 Å². The van der Waals surface area contributed by atoms with Crippen molar-refractivity contribution in [1.82, 2.24) is 4.90 Å². The number of hydrogen-bond acceptors (Lipinski definition) is 3. The van der Waals surface area contributed by atoms with Crippen LogP contribution in [-0.2, 0) is 16.2 Å². The van der Waals surface area contributed by atoms with Crippen molar-refractivity contribution in [3.63, 3.8) is 0 Å². The second-order valence-electron chi connectivity index (χ2n) is 8.00. The first kappa shape index (κ1) is 20.7. The molecule has 0 aliphatic carbocycles. The summed E-state index contributed by atoms with van der Waals surface area (Å²) in [7, 11) is 0. The van der Waals surface area contributed by atoms with Crippen LogP contribution in [0.15, 0.2) is 66.7 Å². The van der Waals surface area contributed by atoms with Crippen molar-refractivity contribution < 1.29 is 18.4 Å². The molecule has 0 N–H and O–H groups in total. The highest BCUT2D eigenvalue weighted by atomic mass is 32.2.